The van der Waals surface area contributed by atoms with E-state index in [9.17, 15) is 16.8 Å². The van der Waals surface area contributed by atoms with Gasteiger partial charge in [-0.25, -0.2) is 16.8 Å². The van der Waals surface area contributed by atoms with Gasteiger partial charge in [0.1, 0.15) is 0 Å². The lowest BCUT2D eigenvalue weighted by molar-refractivity contribution is 0.410. The first-order valence-corrected chi connectivity index (χ1v) is 11.1. The van der Waals surface area contributed by atoms with Gasteiger partial charge in [-0.1, -0.05) is 6.07 Å². The lowest BCUT2D eigenvalue weighted by atomic mass is 10.1. The highest BCUT2D eigenvalue weighted by atomic mass is 32.2. The normalized spacial score (nSPS) is 12.6. The molecule has 0 amide bonds. The Kier molecular flexibility index (Phi) is 5.79. The minimum absolute atomic E-state index is 0.114. The van der Waals surface area contributed by atoms with E-state index >= 15 is 0 Å². The third-order valence-corrected chi connectivity index (χ3v) is 7.73. The summed E-state index contributed by atoms with van der Waals surface area (Å²) >= 11 is 0. The average molecular weight is 397 g/mol. The zero-order valence-electron chi connectivity index (χ0n) is 15.5. The molecule has 142 valence electrons. The molecule has 2 rings (SSSR count). The number of sulfonamides is 2. The molecule has 0 aromatic heterocycles. The van der Waals surface area contributed by atoms with Crippen LogP contribution in [-0.4, -0.2) is 34.2 Å². The maximum atomic E-state index is 12.5. The van der Waals surface area contributed by atoms with Gasteiger partial charge in [0, 0.05) is 18.8 Å². The monoisotopic (exact) mass is 396 g/mol. The molecule has 6 nitrogen and oxygen atoms in total. The summed E-state index contributed by atoms with van der Waals surface area (Å²) in [5, 5.41) is 0. The number of aryl methyl sites for hydroxylation is 2. The number of anilines is 1. The highest BCUT2D eigenvalue weighted by Gasteiger charge is 2.23. The van der Waals surface area contributed by atoms with Crippen molar-refractivity contribution in [1.82, 2.24) is 4.31 Å². The molecule has 0 saturated heterocycles. The summed E-state index contributed by atoms with van der Waals surface area (Å²) in [6, 6.07) is 10.4. The predicted molar refractivity (Wildman–Crippen MR) is 103 cm³/mol. The van der Waals surface area contributed by atoms with E-state index < -0.39 is 20.0 Å². The summed E-state index contributed by atoms with van der Waals surface area (Å²) in [5.74, 6) is 0. The van der Waals surface area contributed by atoms with Crippen molar-refractivity contribution in [2.75, 3.05) is 11.8 Å². The molecule has 0 aliphatic rings. The van der Waals surface area contributed by atoms with Gasteiger partial charge in [-0.2, -0.15) is 4.31 Å². The average Bonchev–Trinajstić information content (AvgIpc) is 2.56. The molecule has 1 N–H and O–H groups in total. The number of benzene rings is 2. The van der Waals surface area contributed by atoms with Crippen LogP contribution >= 0.6 is 0 Å². The molecule has 8 heteroatoms. The second-order valence-electron chi connectivity index (χ2n) is 6.49. The van der Waals surface area contributed by atoms with E-state index in [1.165, 1.54) is 35.6 Å². The molecular formula is C18H24N2O4S2. The Bertz CT molecular complexity index is 996. The zero-order chi connectivity index (χ0) is 19.7. The molecule has 0 atom stereocenters. The Morgan fingerprint density at radius 3 is 1.88 bits per heavy atom. The maximum Gasteiger partial charge on any atom is 0.261 e. The lowest BCUT2D eigenvalue weighted by Crippen LogP contribution is -2.33. The molecule has 0 aliphatic heterocycles. The molecule has 0 aliphatic carbocycles. The second kappa shape index (κ2) is 7.38. The van der Waals surface area contributed by atoms with Crippen LogP contribution in [-0.2, 0) is 20.0 Å². The van der Waals surface area contributed by atoms with Crippen molar-refractivity contribution in [3.05, 3.63) is 53.6 Å². The van der Waals surface area contributed by atoms with Crippen LogP contribution in [0.3, 0.4) is 0 Å². The fourth-order valence-corrected chi connectivity index (χ4v) is 4.74. The zero-order valence-corrected chi connectivity index (χ0v) is 17.1. The highest BCUT2D eigenvalue weighted by molar-refractivity contribution is 7.92. The Hall–Kier alpha value is -1.90. The first-order valence-electron chi connectivity index (χ1n) is 8.13. The molecule has 26 heavy (non-hydrogen) atoms. The molecule has 0 radical (unpaired) electrons. The summed E-state index contributed by atoms with van der Waals surface area (Å²) in [7, 11) is -5.84. The van der Waals surface area contributed by atoms with Gasteiger partial charge >= 0.3 is 0 Å². The van der Waals surface area contributed by atoms with E-state index in [-0.39, 0.29) is 15.8 Å². The van der Waals surface area contributed by atoms with Gasteiger partial charge in [0.25, 0.3) is 10.0 Å². The van der Waals surface area contributed by atoms with Gasteiger partial charge in [-0.15, -0.1) is 0 Å². The maximum absolute atomic E-state index is 12.5. The quantitative estimate of drug-likeness (QED) is 0.813. The fourth-order valence-electron chi connectivity index (χ4n) is 2.23. The standard InChI is InChI=1S/C18H24N2O4S2/c1-13(2)20(5)26(23,24)17-10-7-16(8-11-17)19-25(21,22)18-9-6-14(3)15(4)12-18/h6-13,19H,1-5H3. The van der Waals surface area contributed by atoms with Crippen LogP contribution in [0.2, 0.25) is 0 Å². The highest BCUT2D eigenvalue weighted by Crippen LogP contribution is 2.22. The Morgan fingerprint density at radius 2 is 1.38 bits per heavy atom. The SMILES string of the molecule is Cc1ccc(S(=O)(=O)Nc2ccc(S(=O)(=O)N(C)C(C)C)cc2)cc1C. The van der Waals surface area contributed by atoms with Gasteiger partial charge < -0.3 is 0 Å². The van der Waals surface area contributed by atoms with E-state index in [1.807, 2.05) is 13.8 Å². The number of hydrogen-bond acceptors (Lipinski definition) is 4. The summed E-state index contributed by atoms with van der Waals surface area (Å²) in [6.45, 7) is 7.32. The smallest absolute Gasteiger partial charge is 0.261 e. The van der Waals surface area contributed by atoms with Crippen LogP contribution in [0.15, 0.2) is 52.3 Å². The molecule has 0 bridgehead atoms. The van der Waals surface area contributed by atoms with Gasteiger partial charge in [-0.05, 0) is 75.2 Å². The topological polar surface area (TPSA) is 83.5 Å². The van der Waals surface area contributed by atoms with Gasteiger partial charge in [0.15, 0.2) is 0 Å². The van der Waals surface area contributed by atoms with Crippen molar-refractivity contribution < 1.29 is 16.8 Å². The van der Waals surface area contributed by atoms with Crippen LogP contribution in [0.25, 0.3) is 0 Å². The van der Waals surface area contributed by atoms with E-state index in [0.717, 1.165) is 11.1 Å². The van der Waals surface area contributed by atoms with Gasteiger partial charge in [0.05, 0.1) is 9.79 Å². The minimum Gasteiger partial charge on any atom is -0.280 e. The summed E-state index contributed by atoms with van der Waals surface area (Å²) in [6.07, 6.45) is 0. The summed E-state index contributed by atoms with van der Waals surface area (Å²) in [4.78, 5) is 0.277. The molecule has 0 spiro atoms. The van der Waals surface area contributed by atoms with Crippen LogP contribution < -0.4 is 4.72 Å². The third-order valence-electron chi connectivity index (χ3n) is 4.30. The van der Waals surface area contributed by atoms with Gasteiger partial charge in [0.2, 0.25) is 10.0 Å². The molecule has 0 fully saturated rings. The van der Waals surface area contributed by atoms with E-state index in [0.29, 0.717) is 5.69 Å². The Labute approximate surface area is 156 Å². The van der Waals surface area contributed by atoms with Crippen molar-refractivity contribution in [1.29, 1.82) is 0 Å². The Balaban J connectivity index is 2.27. The van der Waals surface area contributed by atoms with Crippen molar-refractivity contribution in [2.24, 2.45) is 0 Å². The molecule has 0 heterocycles. The number of nitrogens with one attached hydrogen (secondary N) is 1. The predicted octanol–water partition coefficient (Wildman–Crippen LogP) is 3.13. The summed E-state index contributed by atoms with van der Waals surface area (Å²) in [5.41, 5.74) is 2.19. The van der Waals surface area contributed by atoms with E-state index in [1.54, 1.807) is 32.0 Å². The van der Waals surface area contributed by atoms with Crippen LogP contribution in [0.5, 0.6) is 0 Å². The largest absolute Gasteiger partial charge is 0.280 e. The van der Waals surface area contributed by atoms with Gasteiger partial charge in [-0.3, -0.25) is 4.72 Å². The molecule has 2 aromatic carbocycles. The van der Waals surface area contributed by atoms with E-state index in [2.05, 4.69) is 4.72 Å². The number of rotatable bonds is 6. The molecule has 2 aromatic rings. The van der Waals surface area contributed by atoms with E-state index in [4.69, 9.17) is 0 Å². The first kappa shape index (κ1) is 20.4. The molecule has 0 unspecified atom stereocenters. The molecular weight excluding hydrogens is 372 g/mol. The number of nitrogens with zero attached hydrogens (tertiary/aromatic N) is 1. The lowest BCUT2D eigenvalue weighted by Gasteiger charge is -2.21. The van der Waals surface area contributed by atoms with Crippen molar-refractivity contribution in [2.45, 2.75) is 43.5 Å². The minimum atomic E-state index is -3.74. The third kappa shape index (κ3) is 4.25. The van der Waals surface area contributed by atoms with Crippen LogP contribution in [0.1, 0.15) is 25.0 Å². The van der Waals surface area contributed by atoms with Crippen LogP contribution in [0, 0.1) is 13.8 Å². The van der Waals surface area contributed by atoms with Crippen molar-refractivity contribution in [3.63, 3.8) is 0 Å². The Morgan fingerprint density at radius 1 is 0.846 bits per heavy atom. The number of hydrogen-bond donors (Lipinski definition) is 1. The first-order chi connectivity index (χ1) is 11.9. The van der Waals surface area contributed by atoms with Crippen molar-refractivity contribution in [3.8, 4) is 0 Å². The summed E-state index contributed by atoms with van der Waals surface area (Å²) < 4.78 is 53.7. The van der Waals surface area contributed by atoms with Crippen molar-refractivity contribution >= 4 is 25.7 Å². The second-order valence-corrected chi connectivity index (χ2v) is 10.2. The molecule has 0 saturated carbocycles. The fraction of sp³-hybridized carbons (Fsp3) is 0.333. The van der Waals surface area contributed by atoms with Crippen LogP contribution in [0.4, 0.5) is 5.69 Å².